The van der Waals surface area contributed by atoms with E-state index in [9.17, 15) is 9.90 Å². The number of aliphatic hydroxyl groups excluding tert-OH is 2. The Morgan fingerprint density at radius 1 is 0.857 bits per heavy atom. The van der Waals surface area contributed by atoms with Crippen molar-refractivity contribution in [2.24, 2.45) is 0 Å². The molecule has 0 aromatic rings. The number of hydrogen-bond donors (Lipinski definition) is 3. The SMILES string of the molecule is CO[Si](CCCN(CCC[Si](OC)(OC)OC)C(=O)NC(O)CO)(OC)OC. The van der Waals surface area contributed by atoms with Gasteiger partial charge in [-0.3, -0.25) is 0 Å². The lowest BCUT2D eigenvalue weighted by atomic mass is 10.3. The molecule has 0 aromatic heterocycles. The Morgan fingerprint density at radius 2 is 1.21 bits per heavy atom. The summed E-state index contributed by atoms with van der Waals surface area (Å²) in [5.74, 6) is 0. The van der Waals surface area contributed by atoms with E-state index >= 15 is 0 Å². The van der Waals surface area contributed by atoms with Crippen LogP contribution in [-0.2, 0) is 26.6 Å². The van der Waals surface area contributed by atoms with Crippen molar-refractivity contribution in [1.82, 2.24) is 10.2 Å². The molecule has 28 heavy (non-hydrogen) atoms. The zero-order valence-corrected chi connectivity index (χ0v) is 19.7. The van der Waals surface area contributed by atoms with Gasteiger partial charge in [-0.25, -0.2) is 4.79 Å². The highest BCUT2D eigenvalue weighted by atomic mass is 28.4. The molecule has 0 aliphatic carbocycles. The summed E-state index contributed by atoms with van der Waals surface area (Å²) in [6, 6.07) is 0.562. The van der Waals surface area contributed by atoms with E-state index in [-0.39, 0.29) is 0 Å². The highest BCUT2D eigenvalue weighted by Gasteiger charge is 2.38. The molecule has 11 nitrogen and oxygen atoms in total. The second-order valence-electron chi connectivity index (χ2n) is 5.93. The van der Waals surface area contributed by atoms with Crippen molar-refractivity contribution in [2.45, 2.75) is 31.2 Å². The van der Waals surface area contributed by atoms with Crippen LogP contribution in [0.25, 0.3) is 0 Å². The van der Waals surface area contributed by atoms with Gasteiger partial charge in [-0.05, 0) is 12.8 Å². The summed E-state index contributed by atoms with van der Waals surface area (Å²) in [5.41, 5.74) is 0. The van der Waals surface area contributed by atoms with Crippen LogP contribution in [0.5, 0.6) is 0 Å². The maximum absolute atomic E-state index is 12.4. The number of rotatable bonds is 16. The summed E-state index contributed by atoms with van der Waals surface area (Å²) in [5, 5.41) is 20.8. The molecule has 0 aromatic carbocycles. The molecule has 0 bridgehead atoms. The minimum absolute atomic E-state index is 0.385. The van der Waals surface area contributed by atoms with Crippen LogP contribution < -0.4 is 5.32 Å². The Labute approximate surface area is 169 Å². The zero-order valence-electron chi connectivity index (χ0n) is 17.7. The van der Waals surface area contributed by atoms with E-state index in [2.05, 4.69) is 5.32 Å². The second kappa shape index (κ2) is 14.4. The fraction of sp³-hybridized carbons (Fsp3) is 0.933. The van der Waals surface area contributed by atoms with Crippen LogP contribution >= 0.6 is 0 Å². The molecule has 3 N–H and O–H groups in total. The van der Waals surface area contributed by atoms with Gasteiger partial charge >= 0.3 is 23.6 Å². The summed E-state index contributed by atoms with van der Waals surface area (Å²) in [4.78, 5) is 14.0. The maximum atomic E-state index is 12.4. The van der Waals surface area contributed by atoms with Gasteiger partial charge in [-0.1, -0.05) is 0 Å². The number of nitrogens with one attached hydrogen (secondary N) is 1. The van der Waals surface area contributed by atoms with E-state index in [1.807, 2.05) is 0 Å². The normalized spacial score (nSPS) is 13.4. The molecule has 1 unspecified atom stereocenters. The van der Waals surface area contributed by atoms with Crippen LogP contribution in [0.15, 0.2) is 0 Å². The first kappa shape index (κ1) is 27.4. The average molecular weight is 445 g/mol. The number of carbonyl (C=O) groups is 1. The standard InChI is InChI=1S/C15H36N2O9Si2/c1-21-27(22-2,23-3)11-7-9-17(15(20)16-14(19)13-18)10-8-12-28(24-4,25-5)26-6/h14,18-19H,7-13H2,1-6H3,(H,16,20). The van der Waals surface area contributed by atoms with Crippen LogP contribution in [0.2, 0.25) is 12.1 Å². The minimum atomic E-state index is -2.74. The summed E-state index contributed by atoms with van der Waals surface area (Å²) in [7, 11) is 3.73. The van der Waals surface area contributed by atoms with Crippen LogP contribution in [0.1, 0.15) is 12.8 Å². The second-order valence-corrected chi connectivity index (χ2v) is 12.1. The van der Waals surface area contributed by atoms with Gasteiger partial charge in [0.25, 0.3) is 0 Å². The smallest absolute Gasteiger partial charge is 0.392 e. The monoisotopic (exact) mass is 444 g/mol. The topological polar surface area (TPSA) is 128 Å². The first-order valence-electron chi connectivity index (χ1n) is 8.96. The van der Waals surface area contributed by atoms with Gasteiger partial charge in [-0.2, -0.15) is 0 Å². The zero-order chi connectivity index (χ0) is 21.6. The lowest BCUT2D eigenvalue weighted by Crippen LogP contribution is -2.48. The summed E-state index contributed by atoms with van der Waals surface area (Å²) in [6.07, 6.45) is -0.178. The van der Waals surface area contributed by atoms with Crippen molar-refractivity contribution < 1.29 is 41.6 Å². The first-order valence-corrected chi connectivity index (χ1v) is 12.8. The van der Waals surface area contributed by atoms with E-state index in [1.165, 1.54) is 42.7 Å². The quantitative estimate of drug-likeness (QED) is 0.220. The van der Waals surface area contributed by atoms with Gasteiger partial charge in [0.1, 0.15) is 0 Å². The number of hydrogen-bond acceptors (Lipinski definition) is 9. The van der Waals surface area contributed by atoms with Crippen molar-refractivity contribution in [3.8, 4) is 0 Å². The fourth-order valence-corrected chi connectivity index (χ4v) is 6.09. The third-order valence-electron chi connectivity index (χ3n) is 4.44. The Hall–Kier alpha value is -0.616. The van der Waals surface area contributed by atoms with Gasteiger partial charge in [0.2, 0.25) is 0 Å². The molecule has 0 rings (SSSR count). The van der Waals surface area contributed by atoms with Gasteiger partial charge in [0.05, 0.1) is 6.61 Å². The number of carbonyl (C=O) groups excluding carboxylic acids is 1. The fourth-order valence-electron chi connectivity index (χ4n) is 2.68. The molecule has 168 valence electrons. The van der Waals surface area contributed by atoms with E-state index in [1.54, 1.807) is 4.90 Å². The Bertz CT molecular complexity index is 384. The number of nitrogens with zero attached hydrogens (tertiary/aromatic N) is 1. The Balaban J connectivity index is 4.90. The molecule has 13 heteroatoms. The summed E-state index contributed by atoms with van der Waals surface area (Å²) in [6.45, 7) is 0.201. The van der Waals surface area contributed by atoms with E-state index in [0.717, 1.165) is 0 Å². The molecule has 1 atom stereocenters. The summed E-state index contributed by atoms with van der Waals surface area (Å²) < 4.78 is 32.3. The van der Waals surface area contributed by atoms with Crippen LogP contribution in [0.4, 0.5) is 4.79 Å². The van der Waals surface area contributed by atoms with Crippen molar-refractivity contribution in [3.63, 3.8) is 0 Å². The third kappa shape index (κ3) is 8.81. The molecule has 0 heterocycles. The Morgan fingerprint density at radius 3 is 1.50 bits per heavy atom. The molecule has 0 fully saturated rings. The van der Waals surface area contributed by atoms with Crippen molar-refractivity contribution in [3.05, 3.63) is 0 Å². The number of amides is 2. The highest BCUT2D eigenvalue weighted by Crippen LogP contribution is 2.18. The molecule has 0 spiro atoms. The van der Waals surface area contributed by atoms with E-state index < -0.39 is 36.5 Å². The molecule has 0 aliphatic rings. The average Bonchev–Trinajstić information content (AvgIpc) is 2.73. The van der Waals surface area contributed by atoms with Gasteiger partial charge in [0, 0.05) is 67.8 Å². The maximum Gasteiger partial charge on any atom is 0.500 e. The largest absolute Gasteiger partial charge is 0.500 e. The van der Waals surface area contributed by atoms with E-state index in [4.69, 9.17) is 31.7 Å². The van der Waals surface area contributed by atoms with Gasteiger partial charge < -0.3 is 47.0 Å². The highest BCUT2D eigenvalue weighted by molar-refractivity contribution is 6.60. The molecule has 0 aliphatic heterocycles. The lowest BCUT2D eigenvalue weighted by Gasteiger charge is -2.29. The molecule has 2 amide bonds. The predicted octanol–water partition coefficient (Wildman–Crippen LogP) is -0.155. The molecule has 0 saturated heterocycles. The summed E-state index contributed by atoms with van der Waals surface area (Å²) >= 11 is 0. The number of urea groups is 1. The molecular formula is C15H36N2O9Si2. The van der Waals surface area contributed by atoms with Gasteiger partial charge in [0.15, 0.2) is 6.23 Å². The minimum Gasteiger partial charge on any atom is -0.392 e. The van der Waals surface area contributed by atoms with E-state index in [0.29, 0.717) is 38.0 Å². The molecule has 0 saturated carbocycles. The molecule has 0 radical (unpaired) electrons. The van der Waals surface area contributed by atoms with Gasteiger partial charge in [-0.15, -0.1) is 0 Å². The van der Waals surface area contributed by atoms with Crippen LogP contribution in [0, 0.1) is 0 Å². The Kier molecular flexibility index (Phi) is 14.1. The van der Waals surface area contributed by atoms with Crippen LogP contribution in [-0.4, -0.2) is 107 Å². The molecular weight excluding hydrogens is 408 g/mol. The predicted molar refractivity (Wildman–Crippen MR) is 106 cm³/mol. The van der Waals surface area contributed by atoms with Crippen molar-refractivity contribution >= 4 is 23.6 Å². The van der Waals surface area contributed by atoms with Crippen LogP contribution in [0.3, 0.4) is 0 Å². The third-order valence-corrected chi connectivity index (χ3v) is 10.1. The number of aliphatic hydroxyl groups is 2. The lowest BCUT2D eigenvalue weighted by molar-refractivity contribution is 0.0684. The van der Waals surface area contributed by atoms with Crippen molar-refractivity contribution in [2.75, 3.05) is 62.4 Å². The first-order chi connectivity index (χ1) is 13.3. The van der Waals surface area contributed by atoms with Crippen molar-refractivity contribution in [1.29, 1.82) is 0 Å².